The summed E-state index contributed by atoms with van der Waals surface area (Å²) in [5, 5.41) is -0.494. The van der Waals surface area contributed by atoms with Crippen LogP contribution in [0.15, 0.2) is 53.4 Å². The fourth-order valence-corrected chi connectivity index (χ4v) is 3.54. The van der Waals surface area contributed by atoms with Crippen molar-refractivity contribution in [3.8, 4) is 5.75 Å². The molecule has 2 rings (SSSR count). The van der Waals surface area contributed by atoms with E-state index in [0.717, 1.165) is 11.3 Å². The lowest BCUT2D eigenvalue weighted by Crippen LogP contribution is -2.26. The van der Waals surface area contributed by atoms with E-state index in [0.29, 0.717) is 18.7 Å². The number of rotatable bonds is 7. The number of hydrogen-bond acceptors (Lipinski definition) is 4. The number of ether oxygens (including phenoxy) is 1. The molecule has 0 aliphatic carbocycles. The number of sulfone groups is 1. The van der Waals surface area contributed by atoms with Gasteiger partial charge >= 0.3 is 0 Å². The average Bonchev–Trinajstić information content (AvgIpc) is 2.63. The van der Waals surface area contributed by atoms with Crippen LogP contribution in [0.5, 0.6) is 5.75 Å². The van der Waals surface area contributed by atoms with Gasteiger partial charge in [0.1, 0.15) is 5.75 Å². The fourth-order valence-electron chi connectivity index (χ4n) is 2.48. The van der Waals surface area contributed by atoms with Crippen LogP contribution >= 0.6 is 0 Å². The van der Waals surface area contributed by atoms with Crippen molar-refractivity contribution in [2.75, 3.05) is 13.7 Å². The maximum atomic E-state index is 12.6. The van der Waals surface area contributed by atoms with E-state index >= 15 is 0 Å². The third-order valence-electron chi connectivity index (χ3n) is 4.05. The zero-order valence-electron chi connectivity index (χ0n) is 15.6. The van der Waals surface area contributed by atoms with Gasteiger partial charge in [-0.25, -0.2) is 8.42 Å². The minimum absolute atomic E-state index is 0.160. The van der Waals surface area contributed by atoms with Gasteiger partial charge in [-0.3, -0.25) is 4.79 Å². The van der Waals surface area contributed by atoms with Gasteiger partial charge in [-0.15, -0.1) is 0 Å². The lowest BCUT2D eigenvalue weighted by Gasteiger charge is -2.18. The van der Waals surface area contributed by atoms with Gasteiger partial charge in [0.15, 0.2) is 9.84 Å². The zero-order chi connectivity index (χ0) is 19.3. The van der Waals surface area contributed by atoms with Crippen LogP contribution in [0.1, 0.15) is 36.7 Å². The molecule has 26 heavy (non-hydrogen) atoms. The molecule has 0 radical (unpaired) electrons. The topological polar surface area (TPSA) is 63.7 Å². The lowest BCUT2D eigenvalue weighted by molar-refractivity contribution is 0.0785. The van der Waals surface area contributed by atoms with Crippen LogP contribution in [0.2, 0.25) is 0 Å². The third-order valence-corrected chi connectivity index (χ3v) is 6.22. The molecular weight excluding hydrogens is 350 g/mol. The Labute approximate surface area is 155 Å². The van der Waals surface area contributed by atoms with Crippen LogP contribution in [0.4, 0.5) is 0 Å². The largest absolute Gasteiger partial charge is 0.494 e. The second-order valence-corrected chi connectivity index (χ2v) is 8.86. The van der Waals surface area contributed by atoms with E-state index in [9.17, 15) is 13.2 Å². The first-order valence-corrected chi connectivity index (χ1v) is 10.1. The normalized spacial score (nSPS) is 11.4. The van der Waals surface area contributed by atoms with Crippen molar-refractivity contribution in [2.24, 2.45) is 0 Å². The van der Waals surface area contributed by atoms with Crippen molar-refractivity contribution in [3.05, 3.63) is 59.7 Å². The number of carbonyl (C=O) groups is 1. The zero-order valence-corrected chi connectivity index (χ0v) is 16.4. The van der Waals surface area contributed by atoms with E-state index in [1.807, 2.05) is 31.2 Å². The van der Waals surface area contributed by atoms with Crippen LogP contribution < -0.4 is 4.74 Å². The van der Waals surface area contributed by atoms with Crippen molar-refractivity contribution < 1.29 is 17.9 Å². The summed E-state index contributed by atoms with van der Waals surface area (Å²) in [6.45, 7) is 6.27. The number of benzene rings is 2. The van der Waals surface area contributed by atoms with Gasteiger partial charge in [-0.1, -0.05) is 12.1 Å². The van der Waals surface area contributed by atoms with E-state index < -0.39 is 15.1 Å². The molecule has 0 aliphatic rings. The first kappa shape index (κ1) is 20.0. The predicted octanol–water partition coefficient (Wildman–Crippen LogP) is 3.54. The highest BCUT2D eigenvalue weighted by atomic mass is 32.2. The van der Waals surface area contributed by atoms with Gasteiger partial charge in [0, 0.05) is 19.2 Å². The van der Waals surface area contributed by atoms with E-state index in [2.05, 4.69) is 0 Å². The van der Waals surface area contributed by atoms with Crippen LogP contribution in [-0.4, -0.2) is 38.1 Å². The number of hydrogen-bond donors (Lipinski definition) is 0. The Bertz CT molecular complexity index is 840. The van der Waals surface area contributed by atoms with Crippen LogP contribution in [-0.2, 0) is 16.4 Å². The molecule has 0 spiro atoms. The number of amides is 1. The Morgan fingerprint density at radius 1 is 1.04 bits per heavy atom. The van der Waals surface area contributed by atoms with Crippen molar-refractivity contribution >= 4 is 15.7 Å². The quantitative estimate of drug-likeness (QED) is 0.742. The Kier molecular flexibility index (Phi) is 6.42. The van der Waals surface area contributed by atoms with E-state index in [1.54, 1.807) is 37.9 Å². The van der Waals surface area contributed by atoms with Crippen LogP contribution in [0, 0.1) is 0 Å². The van der Waals surface area contributed by atoms with Gasteiger partial charge in [-0.2, -0.15) is 0 Å². The van der Waals surface area contributed by atoms with Gasteiger partial charge in [0.2, 0.25) is 0 Å². The van der Waals surface area contributed by atoms with Crippen LogP contribution in [0.3, 0.4) is 0 Å². The second kappa shape index (κ2) is 8.36. The molecule has 0 heterocycles. The van der Waals surface area contributed by atoms with Crippen molar-refractivity contribution in [1.29, 1.82) is 0 Å². The minimum atomic E-state index is -3.33. The summed E-state index contributed by atoms with van der Waals surface area (Å²) in [7, 11) is -1.61. The molecule has 0 bridgehead atoms. The molecule has 2 aromatic rings. The molecule has 0 unspecified atom stereocenters. The summed E-state index contributed by atoms with van der Waals surface area (Å²) >= 11 is 0. The lowest BCUT2D eigenvalue weighted by atomic mass is 10.1. The Balaban J connectivity index is 2.08. The average molecular weight is 375 g/mol. The SMILES string of the molecule is CCOc1ccc(CN(C)C(=O)c2ccc(S(=O)(=O)C(C)C)cc2)cc1. The molecule has 0 saturated carbocycles. The molecule has 140 valence electrons. The van der Waals surface area contributed by atoms with Crippen molar-refractivity contribution in [1.82, 2.24) is 4.90 Å². The fraction of sp³-hybridized carbons (Fsp3) is 0.350. The summed E-state index contributed by atoms with van der Waals surface area (Å²) < 4.78 is 29.7. The summed E-state index contributed by atoms with van der Waals surface area (Å²) in [6, 6.07) is 13.7. The van der Waals surface area contributed by atoms with Crippen LogP contribution in [0.25, 0.3) is 0 Å². The molecule has 0 N–H and O–H groups in total. The highest BCUT2D eigenvalue weighted by molar-refractivity contribution is 7.92. The first-order valence-electron chi connectivity index (χ1n) is 8.57. The molecule has 0 fully saturated rings. The van der Waals surface area contributed by atoms with Crippen molar-refractivity contribution in [3.63, 3.8) is 0 Å². The highest BCUT2D eigenvalue weighted by Gasteiger charge is 2.20. The van der Waals surface area contributed by atoms with Gasteiger partial charge in [0.25, 0.3) is 5.91 Å². The molecule has 0 atom stereocenters. The smallest absolute Gasteiger partial charge is 0.253 e. The summed E-state index contributed by atoms with van der Waals surface area (Å²) in [4.78, 5) is 14.4. The number of nitrogens with zero attached hydrogens (tertiary/aromatic N) is 1. The monoisotopic (exact) mass is 375 g/mol. The summed E-state index contributed by atoms with van der Waals surface area (Å²) in [5.74, 6) is 0.638. The molecular formula is C20H25NO4S. The summed E-state index contributed by atoms with van der Waals surface area (Å²) in [6.07, 6.45) is 0. The molecule has 0 aromatic heterocycles. The third kappa shape index (κ3) is 4.64. The number of carbonyl (C=O) groups excluding carboxylic acids is 1. The minimum Gasteiger partial charge on any atom is -0.494 e. The molecule has 0 aliphatic heterocycles. The maximum absolute atomic E-state index is 12.6. The Morgan fingerprint density at radius 2 is 1.62 bits per heavy atom. The maximum Gasteiger partial charge on any atom is 0.253 e. The van der Waals surface area contributed by atoms with Gasteiger partial charge in [0.05, 0.1) is 16.8 Å². The molecule has 6 heteroatoms. The molecule has 0 saturated heterocycles. The standard InChI is InChI=1S/C20H25NO4S/c1-5-25-18-10-6-16(7-11-18)14-21(4)20(22)17-8-12-19(13-9-17)26(23,24)15(2)3/h6-13,15H,5,14H2,1-4H3. The molecule has 2 aromatic carbocycles. The Morgan fingerprint density at radius 3 is 2.12 bits per heavy atom. The molecule has 5 nitrogen and oxygen atoms in total. The highest BCUT2D eigenvalue weighted by Crippen LogP contribution is 2.18. The van der Waals surface area contributed by atoms with Crippen molar-refractivity contribution in [2.45, 2.75) is 37.5 Å². The molecule has 1 amide bonds. The summed E-state index contributed by atoms with van der Waals surface area (Å²) in [5.41, 5.74) is 1.45. The van der Waals surface area contributed by atoms with E-state index in [4.69, 9.17) is 4.74 Å². The van der Waals surface area contributed by atoms with E-state index in [1.165, 1.54) is 12.1 Å². The predicted molar refractivity (Wildman–Crippen MR) is 102 cm³/mol. The van der Waals surface area contributed by atoms with Gasteiger partial charge < -0.3 is 9.64 Å². The second-order valence-electron chi connectivity index (χ2n) is 6.36. The Hall–Kier alpha value is -2.34. The van der Waals surface area contributed by atoms with Gasteiger partial charge in [-0.05, 0) is 62.7 Å². The van der Waals surface area contributed by atoms with E-state index in [-0.39, 0.29) is 10.8 Å². The first-order chi connectivity index (χ1) is 12.3.